The molecule has 0 aliphatic heterocycles. The molecule has 0 aliphatic rings. The van der Waals surface area contributed by atoms with E-state index in [1.54, 1.807) is 12.4 Å². The summed E-state index contributed by atoms with van der Waals surface area (Å²) in [5.41, 5.74) is 3.05. The van der Waals surface area contributed by atoms with Crippen molar-refractivity contribution in [2.24, 2.45) is 4.99 Å². The summed E-state index contributed by atoms with van der Waals surface area (Å²) in [5, 5.41) is 0. The highest BCUT2D eigenvalue weighted by Crippen LogP contribution is 2.34. The molecular weight excluding hydrogens is 345 g/mol. The number of alkyl halides is 3. The van der Waals surface area contributed by atoms with Crippen LogP contribution in [0.25, 0.3) is 0 Å². The van der Waals surface area contributed by atoms with E-state index in [0.29, 0.717) is 11.3 Å². The molecule has 2 nitrogen and oxygen atoms in total. The van der Waals surface area contributed by atoms with E-state index < -0.39 is 11.7 Å². The van der Waals surface area contributed by atoms with Crippen molar-refractivity contribution in [2.75, 3.05) is 14.1 Å². The van der Waals surface area contributed by atoms with Crippen molar-refractivity contribution in [1.29, 1.82) is 0 Å². The summed E-state index contributed by atoms with van der Waals surface area (Å²) in [6, 6.07) is 9.53. The molecule has 0 fully saturated rings. The fourth-order valence-corrected chi connectivity index (χ4v) is 3.29. The molecule has 134 valence electrons. The highest BCUT2D eigenvalue weighted by Gasteiger charge is 2.30. The number of aliphatic imine (C=N–C) groups is 1. The van der Waals surface area contributed by atoms with E-state index in [1.807, 2.05) is 45.0 Å². The zero-order valence-electron chi connectivity index (χ0n) is 14.7. The maximum Gasteiger partial charge on any atom is 0.416 e. The molecule has 0 bridgehead atoms. The SMILES string of the molecule is Cc1cc(SCc2cccc(C(F)(F)F)c2)c(C)cc1/N=C/N(C)C. The molecule has 0 saturated carbocycles. The summed E-state index contributed by atoms with van der Waals surface area (Å²) in [6.45, 7) is 3.97. The summed E-state index contributed by atoms with van der Waals surface area (Å²) in [6.07, 6.45) is -2.56. The normalized spacial score (nSPS) is 12.0. The van der Waals surface area contributed by atoms with Crippen molar-refractivity contribution in [3.05, 3.63) is 58.7 Å². The Kier molecular flexibility index (Phi) is 6.16. The first-order valence-electron chi connectivity index (χ1n) is 7.77. The Bertz CT molecular complexity index is 768. The van der Waals surface area contributed by atoms with E-state index in [4.69, 9.17) is 0 Å². The molecule has 25 heavy (non-hydrogen) atoms. The molecule has 0 atom stereocenters. The van der Waals surface area contributed by atoms with Crippen LogP contribution in [0.1, 0.15) is 22.3 Å². The molecule has 6 heteroatoms. The van der Waals surface area contributed by atoms with E-state index in [9.17, 15) is 13.2 Å². The number of nitrogens with zero attached hydrogens (tertiary/aromatic N) is 2. The Labute approximate surface area is 150 Å². The maximum atomic E-state index is 12.8. The average Bonchev–Trinajstić information content (AvgIpc) is 2.53. The van der Waals surface area contributed by atoms with Crippen LogP contribution in [0.4, 0.5) is 18.9 Å². The van der Waals surface area contributed by atoms with Crippen LogP contribution in [0.2, 0.25) is 0 Å². The van der Waals surface area contributed by atoms with E-state index in [-0.39, 0.29) is 0 Å². The third-order valence-corrected chi connectivity index (χ3v) is 4.80. The molecule has 0 aromatic heterocycles. The lowest BCUT2D eigenvalue weighted by Crippen LogP contribution is -2.07. The van der Waals surface area contributed by atoms with Crippen LogP contribution in [0.5, 0.6) is 0 Å². The Morgan fingerprint density at radius 3 is 2.44 bits per heavy atom. The van der Waals surface area contributed by atoms with Gasteiger partial charge in [-0.25, -0.2) is 4.99 Å². The first kappa shape index (κ1) is 19.4. The fourth-order valence-electron chi connectivity index (χ4n) is 2.25. The minimum atomic E-state index is -4.31. The van der Waals surface area contributed by atoms with Crippen LogP contribution in [0.15, 0.2) is 46.3 Å². The second-order valence-corrected chi connectivity index (χ2v) is 7.12. The second-order valence-electron chi connectivity index (χ2n) is 6.10. The van der Waals surface area contributed by atoms with Gasteiger partial charge in [-0.2, -0.15) is 13.2 Å². The van der Waals surface area contributed by atoms with Crippen molar-refractivity contribution in [3.63, 3.8) is 0 Å². The highest BCUT2D eigenvalue weighted by atomic mass is 32.2. The van der Waals surface area contributed by atoms with Crippen LogP contribution < -0.4 is 0 Å². The van der Waals surface area contributed by atoms with Crippen molar-refractivity contribution < 1.29 is 13.2 Å². The molecule has 0 amide bonds. The van der Waals surface area contributed by atoms with Gasteiger partial charge in [0.15, 0.2) is 0 Å². The van der Waals surface area contributed by atoms with Gasteiger partial charge in [0.1, 0.15) is 0 Å². The first-order valence-corrected chi connectivity index (χ1v) is 8.76. The Balaban J connectivity index is 2.15. The van der Waals surface area contributed by atoms with E-state index in [2.05, 4.69) is 4.99 Å². The summed E-state index contributed by atoms with van der Waals surface area (Å²) < 4.78 is 38.4. The van der Waals surface area contributed by atoms with Gasteiger partial charge in [0.2, 0.25) is 0 Å². The van der Waals surface area contributed by atoms with Crippen LogP contribution in [0.3, 0.4) is 0 Å². The largest absolute Gasteiger partial charge is 0.416 e. The molecular formula is C19H21F3N2S. The Hall–Kier alpha value is -1.95. The molecule has 2 aromatic carbocycles. The second kappa shape index (κ2) is 7.95. The summed E-state index contributed by atoms with van der Waals surface area (Å²) in [7, 11) is 3.82. The van der Waals surface area contributed by atoms with Gasteiger partial charge in [-0.3, -0.25) is 0 Å². The molecule has 0 spiro atoms. The number of thioether (sulfide) groups is 1. The Morgan fingerprint density at radius 1 is 1.08 bits per heavy atom. The monoisotopic (exact) mass is 366 g/mol. The van der Waals surface area contributed by atoms with E-state index in [0.717, 1.165) is 27.8 Å². The van der Waals surface area contributed by atoms with E-state index in [1.165, 1.54) is 23.9 Å². The minimum Gasteiger partial charge on any atom is -0.369 e. The zero-order chi connectivity index (χ0) is 18.6. The van der Waals surface area contributed by atoms with Gasteiger partial charge in [-0.15, -0.1) is 11.8 Å². The maximum absolute atomic E-state index is 12.8. The number of rotatable bonds is 5. The van der Waals surface area contributed by atoms with Gasteiger partial charge in [0.05, 0.1) is 17.6 Å². The van der Waals surface area contributed by atoms with Crippen molar-refractivity contribution in [3.8, 4) is 0 Å². The van der Waals surface area contributed by atoms with E-state index >= 15 is 0 Å². The summed E-state index contributed by atoms with van der Waals surface area (Å²) >= 11 is 1.54. The van der Waals surface area contributed by atoms with Crippen LogP contribution in [0, 0.1) is 13.8 Å². The predicted molar refractivity (Wildman–Crippen MR) is 98.8 cm³/mol. The third kappa shape index (κ3) is 5.53. The van der Waals surface area contributed by atoms with Crippen molar-refractivity contribution in [1.82, 2.24) is 4.90 Å². The van der Waals surface area contributed by atoms with Crippen LogP contribution >= 0.6 is 11.8 Å². The standard InChI is InChI=1S/C19H21F3N2S/c1-13-9-18(14(2)8-17(13)23-12-24(3)4)25-11-15-6-5-7-16(10-15)19(20,21)22/h5-10,12H,11H2,1-4H3/b23-12+. The fraction of sp³-hybridized carbons (Fsp3) is 0.316. The first-order chi connectivity index (χ1) is 11.7. The highest BCUT2D eigenvalue weighted by molar-refractivity contribution is 7.98. The molecule has 0 saturated heterocycles. The number of hydrogen-bond donors (Lipinski definition) is 0. The number of aryl methyl sites for hydroxylation is 2. The Morgan fingerprint density at radius 2 is 1.80 bits per heavy atom. The molecule has 2 aromatic rings. The lowest BCUT2D eigenvalue weighted by molar-refractivity contribution is -0.137. The molecule has 2 rings (SSSR count). The number of benzene rings is 2. The smallest absolute Gasteiger partial charge is 0.369 e. The van der Waals surface area contributed by atoms with Crippen molar-refractivity contribution >= 4 is 23.8 Å². The molecule has 0 N–H and O–H groups in total. The lowest BCUT2D eigenvalue weighted by Gasteiger charge is -2.11. The topological polar surface area (TPSA) is 15.6 Å². The van der Waals surface area contributed by atoms with Crippen molar-refractivity contribution in [2.45, 2.75) is 30.7 Å². The van der Waals surface area contributed by atoms with Gasteiger partial charge in [0.25, 0.3) is 0 Å². The summed E-state index contributed by atoms with van der Waals surface area (Å²) in [4.78, 5) is 7.35. The molecule has 0 heterocycles. The summed E-state index contributed by atoms with van der Waals surface area (Å²) in [5.74, 6) is 0.491. The quantitative estimate of drug-likeness (QED) is 0.375. The molecule has 0 radical (unpaired) electrons. The minimum absolute atomic E-state index is 0.491. The van der Waals surface area contributed by atoms with Crippen LogP contribution in [-0.4, -0.2) is 25.3 Å². The van der Waals surface area contributed by atoms with Gasteiger partial charge < -0.3 is 4.90 Å². The van der Waals surface area contributed by atoms with Gasteiger partial charge in [-0.1, -0.05) is 18.2 Å². The zero-order valence-corrected chi connectivity index (χ0v) is 15.5. The average molecular weight is 366 g/mol. The third-order valence-electron chi connectivity index (χ3n) is 3.57. The lowest BCUT2D eigenvalue weighted by atomic mass is 10.1. The van der Waals surface area contributed by atoms with Gasteiger partial charge >= 0.3 is 6.18 Å². The van der Waals surface area contributed by atoms with Gasteiger partial charge in [-0.05, 0) is 48.7 Å². The number of halogens is 3. The van der Waals surface area contributed by atoms with Crippen LogP contribution in [-0.2, 0) is 11.9 Å². The molecule has 0 aliphatic carbocycles. The number of hydrogen-bond acceptors (Lipinski definition) is 2. The van der Waals surface area contributed by atoms with Gasteiger partial charge in [0, 0.05) is 24.7 Å². The molecule has 0 unspecified atom stereocenters. The predicted octanol–water partition coefficient (Wildman–Crippen LogP) is 5.84.